The van der Waals surface area contributed by atoms with Crippen molar-refractivity contribution >= 4 is 17.6 Å². The van der Waals surface area contributed by atoms with E-state index in [-0.39, 0.29) is 11.9 Å². The molecule has 2 aromatic carbocycles. The third-order valence-corrected chi connectivity index (χ3v) is 4.35. The van der Waals surface area contributed by atoms with Gasteiger partial charge < -0.3 is 14.8 Å². The average Bonchev–Trinajstić information content (AvgIpc) is 2.70. The van der Waals surface area contributed by atoms with E-state index < -0.39 is 0 Å². The molecule has 1 aliphatic rings. The highest BCUT2D eigenvalue weighted by molar-refractivity contribution is 6.04. The third-order valence-electron chi connectivity index (χ3n) is 4.35. The van der Waals surface area contributed by atoms with Crippen molar-refractivity contribution in [3.05, 3.63) is 65.2 Å². The predicted octanol–water partition coefficient (Wildman–Crippen LogP) is 2.95. The number of esters is 1. The Kier molecular flexibility index (Phi) is 6.57. The van der Waals surface area contributed by atoms with Gasteiger partial charge in [-0.2, -0.15) is 0 Å². The molecule has 1 heterocycles. The maximum atomic E-state index is 12.5. The molecule has 0 aliphatic carbocycles. The number of morpholine rings is 1. The van der Waals surface area contributed by atoms with Gasteiger partial charge in [-0.1, -0.05) is 12.1 Å². The SMILES string of the molecule is CCOC(=O)c1ccc(NC(=O)c2cccc(CN3CCOCC3)c2)cc1. The summed E-state index contributed by atoms with van der Waals surface area (Å²) in [7, 11) is 0. The number of amides is 1. The molecule has 0 atom stereocenters. The van der Waals surface area contributed by atoms with E-state index in [2.05, 4.69) is 10.2 Å². The van der Waals surface area contributed by atoms with Gasteiger partial charge in [-0.05, 0) is 48.9 Å². The van der Waals surface area contributed by atoms with Crippen molar-refractivity contribution in [1.82, 2.24) is 4.90 Å². The van der Waals surface area contributed by atoms with Crippen LogP contribution in [0.3, 0.4) is 0 Å². The first-order chi connectivity index (χ1) is 13.2. The van der Waals surface area contributed by atoms with Gasteiger partial charge in [0.15, 0.2) is 0 Å². The summed E-state index contributed by atoms with van der Waals surface area (Å²) in [5.41, 5.74) is 2.80. The van der Waals surface area contributed by atoms with Crippen molar-refractivity contribution in [3.8, 4) is 0 Å². The number of nitrogens with zero attached hydrogens (tertiary/aromatic N) is 1. The monoisotopic (exact) mass is 368 g/mol. The first kappa shape index (κ1) is 19.1. The smallest absolute Gasteiger partial charge is 0.338 e. The van der Waals surface area contributed by atoms with Crippen LogP contribution in [0.15, 0.2) is 48.5 Å². The van der Waals surface area contributed by atoms with Crippen LogP contribution in [0.1, 0.15) is 33.2 Å². The summed E-state index contributed by atoms with van der Waals surface area (Å²) in [4.78, 5) is 26.5. The van der Waals surface area contributed by atoms with Gasteiger partial charge in [0.25, 0.3) is 5.91 Å². The molecule has 2 aromatic rings. The van der Waals surface area contributed by atoms with Gasteiger partial charge >= 0.3 is 5.97 Å². The number of ether oxygens (including phenoxy) is 2. The van der Waals surface area contributed by atoms with Gasteiger partial charge in [0.05, 0.1) is 25.4 Å². The normalized spacial score (nSPS) is 14.6. The predicted molar refractivity (Wildman–Crippen MR) is 103 cm³/mol. The molecule has 1 amide bonds. The molecule has 142 valence electrons. The summed E-state index contributed by atoms with van der Waals surface area (Å²) in [6.07, 6.45) is 0. The van der Waals surface area contributed by atoms with Crippen LogP contribution in [0.2, 0.25) is 0 Å². The van der Waals surface area contributed by atoms with Crippen LogP contribution in [0, 0.1) is 0 Å². The lowest BCUT2D eigenvalue weighted by atomic mass is 10.1. The Labute approximate surface area is 159 Å². The van der Waals surface area contributed by atoms with Crippen molar-refractivity contribution in [2.24, 2.45) is 0 Å². The summed E-state index contributed by atoms with van der Waals surface area (Å²) in [5, 5.41) is 2.86. The molecule has 0 unspecified atom stereocenters. The Morgan fingerprint density at radius 2 is 1.81 bits per heavy atom. The van der Waals surface area contributed by atoms with E-state index in [1.807, 2.05) is 18.2 Å². The van der Waals surface area contributed by atoms with Crippen molar-refractivity contribution in [1.29, 1.82) is 0 Å². The van der Waals surface area contributed by atoms with E-state index in [1.54, 1.807) is 37.3 Å². The minimum absolute atomic E-state index is 0.178. The summed E-state index contributed by atoms with van der Waals surface area (Å²) in [6.45, 7) is 6.22. The van der Waals surface area contributed by atoms with Crippen LogP contribution in [-0.2, 0) is 16.0 Å². The molecular formula is C21H24N2O4. The summed E-state index contributed by atoms with van der Waals surface area (Å²) >= 11 is 0. The molecule has 0 saturated carbocycles. The standard InChI is InChI=1S/C21H24N2O4/c1-2-27-21(25)17-6-8-19(9-7-17)22-20(24)18-5-3-4-16(14-18)15-23-10-12-26-13-11-23/h3-9,14H,2,10-13,15H2,1H3,(H,22,24). The second kappa shape index (κ2) is 9.30. The van der Waals surface area contributed by atoms with Crippen LogP contribution in [0.5, 0.6) is 0 Å². The van der Waals surface area contributed by atoms with Crippen molar-refractivity contribution in [2.45, 2.75) is 13.5 Å². The van der Waals surface area contributed by atoms with Gasteiger partial charge in [0.1, 0.15) is 0 Å². The Balaban J connectivity index is 1.62. The number of nitrogens with one attached hydrogen (secondary N) is 1. The topological polar surface area (TPSA) is 67.9 Å². The Morgan fingerprint density at radius 3 is 2.52 bits per heavy atom. The number of carbonyl (C=O) groups is 2. The van der Waals surface area contributed by atoms with E-state index in [0.717, 1.165) is 38.4 Å². The van der Waals surface area contributed by atoms with E-state index in [4.69, 9.17) is 9.47 Å². The second-order valence-electron chi connectivity index (χ2n) is 6.34. The second-order valence-corrected chi connectivity index (χ2v) is 6.34. The first-order valence-corrected chi connectivity index (χ1v) is 9.13. The van der Waals surface area contributed by atoms with Crippen LogP contribution in [0.25, 0.3) is 0 Å². The lowest BCUT2D eigenvalue weighted by Gasteiger charge is -2.26. The molecule has 3 rings (SSSR count). The van der Waals surface area contributed by atoms with Gasteiger partial charge in [0, 0.05) is 30.9 Å². The zero-order valence-electron chi connectivity index (χ0n) is 15.4. The van der Waals surface area contributed by atoms with Crippen LogP contribution >= 0.6 is 0 Å². The number of hydrogen-bond donors (Lipinski definition) is 1. The average molecular weight is 368 g/mol. The molecule has 27 heavy (non-hydrogen) atoms. The maximum absolute atomic E-state index is 12.5. The molecule has 0 bridgehead atoms. The fourth-order valence-corrected chi connectivity index (χ4v) is 2.94. The number of benzene rings is 2. The highest BCUT2D eigenvalue weighted by atomic mass is 16.5. The number of carbonyl (C=O) groups excluding carboxylic acids is 2. The largest absolute Gasteiger partial charge is 0.462 e. The Morgan fingerprint density at radius 1 is 1.07 bits per heavy atom. The lowest BCUT2D eigenvalue weighted by Crippen LogP contribution is -2.35. The van der Waals surface area contributed by atoms with Crippen LogP contribution in [0.4, 0.5) is 5.69 Å². The van der Waals surface area contributed by atoms with E-state index in [9.17, 15) is 9.59 Å². The zero-order chi connectivity index (χ0) is 19.1. The third kappa shape index (κ3) is 5.39. The fourth-order valence-electron chi connectivity index (χ4n) is 2.94. The summed E-state index contributed by atoms with van der Waals surface area (Å²) < 4.78 is 10.3. The van der Waals surface area contributed by atoms with E-state index in [1.165, 1.54) is 0 Å². The van der Waals surface area contributed by atoms with Gasteiger partial charge in [-0.15, -0.1) is 0 Å². The summed E-state index contributed by atoms with van der Waals surface area (Å²) in [6, 6.07) is 14.3. The van der Waals surface area contributed by atoms with Gasteiger partial charge in [-0.25, -0.2) is 4.79 Å². The molecule has 0 aromatic heterocycles. The lowest BCUT2D eigenvalue weighted by molar-refractivity contribution is 0.0342. The Bertz CT molecular complexity index is 783. The minimum Gasteiger partial charge on any atom is -0.462 e. The number of hydrogen-bond acceptors (Lipinski definition) is 5. The first-order valence-electron chi connectivity index (χ1n) is 9.13. The highest BCUT2D eigenvalue weighted by Gasteiger charge is 2.13. The molecule has 1 fully saturated rings. The van der Waals surface area contributed by atoms with Crippen molar-refractivity contribution in [3.63, 3.8) is 0 Å². The van der Waals surface area contributed by atoms with Gasteiger partial charge in [-0.3, -0.25) is 9.69 Å². The number of rotatable bonds is 6. The van der Waals surface area contributed by atoms with Gasteiger partial charge in [0.2, 0.25) is 0 Å². The van der Waals surface area contributed by atoms with E-state index >= 15 is 0 Å². The molecule has 6 heteroatoms. The molecule has 0 radical (unpaired) electrons. The maximum Gasteiger partial charge on any atom is 0.338 e. The highest BCUT2D eigenvalue weighted by Crippen LogP contribution is 2.14. The fraction of sp³-hybridized carbons (Fsp3) is 0.333. The zero-order valence-corrected chi connectivity index (χ0v) is 15.4. The quantitative estimate of drug-likeness (QED) is 0.794. The van der Waals surface area contributed by atoms with Crippen molar-refractivity contribution < 1.29 is 19.1 Å². The van der Waals surface area contributed by atoms with E-state index in [0.29, 0.717) is 23.4 Å². The van der Waals surface area contributed by atoms with Crippen LogP contribution in [-0.4, -0.2) is 49.7 Å². The number of anilines is 1. The molecule has 1 saturated heterocycles. The van der Waals surface area contributed by atoms with Crippen LogP contribution < -0.4 is 5.32 Å². The molecule has 1 N–H and O–H groups in total. The van der Waals surface area contributed by atoms with Crippen molar-refractivity contribution in [2.75, 3.05) is 38.2 Å². The summed E-state index contributed by atoms with van der Waals surface area (Å²) in [5.74, 6) is -0.547. The Hall–Kier alpha value is -2.70. The molecule has 1 aliphatic heterocycles. The molecule has 0 spiro atoms. The minimum atomic E-state index is -0.369. The molecule has 6 nitrogen and oxygen atoms in total. The molecular weight excluding hydrogens is 344 g/mol.